The van der Waals surface area contributed by atoms with Gasteiger partial charge in [0.25, 0.3) is 0 Å². The van der Waals surface area contributed by atoms with Crippen LogP contribution in [0.5, 0.6) is 0 Å². The molecular formula is C4H6N2O. The van der Waals surface area contributed by atoms with E-state index in [1.165, 1.54) is 6.20 Å². The lowest BCUT2D eigenvalue weighted by atomic mass is 10.6. The van der Waals surface area contributed by atoms with Gasteiger partial charge in [0.15, 0.2) is 0 Å². The summed E-state index contributed by atoms with van der Waals surface area (Å²) in [6.07, 6.45) is 1.47. The van der Waals surface area contributed by atoms with E-state index < -0.39 is 0 Å². The van der Waals surface area contributed by atoms with Crippen molar-refractivity contribution >= 4 is 5.82 Å². The van der Waals surface area contributed by atoms with Crippen LogP contribution < -0.4 is 5.73 Å². The van der Waals surface area contributed by atoms with Gasteiger partial charge in [0.05, 0.1) is 0 Å². The third-order valence-corrected chi connectivity index (χ3v) is 0.759. The molecule has 0 fully saturated rings. The second-order valence-corrected chi connectivity index (χ2v) is 1.28. The summed E-state index contributed by atoms with van der Waals surface area (Å²) in [4.78, 5) is 0. The Bertz CT molecular complexity index is 142. The molecule has 3 N–H and O–H groups in total. The zero-order chi connectivity index (χ0) is 5.28. The summed E-state index contributed by atoms with van der Waals surface area (Å²) in [5.41, 5.74) is 5.15. The van der Waals surface area contributed by atoms with Gasteiger partial charge >= 0.3 is 0 Å². The van der Waals surface area contributed by atoms with Crippen molar-refractivity contribution in [1.82, 2.24) is 4.73 Å². The molecule has 0 aliphatic heterocycles. The molecule has 1 rings (SSSR count). The fourth-order valence-electron chi connectivity index (χ4n) is 0.386. The molecule has 1 aromatic rings. The largest absolute Gasteiger partial charge is 0.427 e. The van der Waals surface area contributed by atoms with Crippen molar-refractivity contribution in [2.24, 2.45) is 0 Å². The fraction of sp³-hybridized carbons (Fsp3) is 0. The van der Waals surface area contributed by atoms with Gasteiger partial charge in [-0.2, -0.15) is 4.73 Å². The molecule has 0 aliphatic rings. The lowest BCUT2D eigenvalue weighted by Gasteiger charge is -1.88. The lowest BCUT2D eigenvalue weighted by Crippen LogP contribution is -1.93. The highest BCUT2D eigenvalue weighted by Gasteiger charge is 1.85. The third-order valence-electron chi connectivity index (χ3n) is 0.759. The first-order chi connectivity index (χ1) is 3.30. The van der Waals surface area contributed by atoms with Crippen molar-refractivity contribution in [2.45, 2.75) is 0 Å². The van der Waals surface area contributed by atoms with Gasteiger partial charge in [-0.3, -0.25) is 0 Å². The molecule has 38 valence electrons. The van der Waals surface area contributed by atoms with Gasteiger partial charge in [0.2, 0.25) is 0 Å². The molecule has 1 aromatic heterocycles. The van der Waals surface area contributed by atoms with Crippen LogP contribution in [0, 0.1) is 0 Å². The lowest BCUT2D eigenvalue weighted by molar-refractivity contribution is 0.193. The topological polar surface area (TPSA) is 51.2 Å². The predicted octanol–water partition coefficient (Wildman–Crippen LogP) is 0.308. The van der Waals surface area contributed by atoms with E-state index in [4.69, 9.17) is 10.9 Å². The summed E-state index contributed by atoms with van der Waals surface area (Å²) >= 11 is 0. The minimum Gasteiger partial charge on any atom is -0.427 e. The monoisotopic (exact) mass is 98.0 g/mol. The first-order valence-electron chi connectivity index (χ1n) is 1.93. The molecule has 0 bridgehead atoms. The molecular weight excluding hydrogens is 92.1 g/mol. The number of anilines is 1. The Labute approximate surface area is 40.9 Å². The molecule has 0 spiro atoms. The molecule has 1 heterocycles. The highest BCUT2D eigenvalue weighted by Crippen LogP contribution is 1.96. The van der Waals surface area contributed by atoms with Crippen molar-refractivity contribution in [3.05, 3.63) is 18.3 Å². The van der Waals surface area contributed by atoms with E-state index in [1.807, 2.05) is 0 Å². The second-order valence-electron chi connectivity index (χ2n) is 1.28. The summed E-state index contributed by atoms with van der Waals surface area (Å²) in [6.45, 7) is 0. The molecule has 7 heavy (non-hydrogen) atoms. The Morgan fingerprint density at radius 1 is 1.71 bits per heavy atom. The van der Waals surface area contributed by atoms with Gasteiger partial charge in [-0.05, 0) is 12.1 Å². The van der Waals surface area contributed by atoms with Gasteiger partial charge in [0.1, 0.15) is 5.82 Å². The molecule has 3 nitrogen and oxygen atoms in total. The van der Waals surface area contributed by atoms with Crippen molar-refractivity contribution in [1.29, 1.82) is 0 Å². The Morgan fingerprint density at radius 3 is 2.57 bits per heavy atom. The highest BCUT2D eigenvalue weighted by molar-refractivity contribution is 5.27. The Hall–Kier alpha value is -1.12. The number of nitrogens with two attached hydrogens (primary N) is 1. The van der Waals surface area contributed by atoms with Gasteiger partial charge in [-0.25, -0.2) is 0 Å². The van der Waals surface area contributed by atoms with Crippen LogP contribution >= 0.6 is 0 Å². The van der Waals surface area contributed by atoms with E-state index in [0.717, 1.165) is 4.73 Å². The van der Waals surface area contributed by atoms with Crippen LogP contribution in [0.4, 0.5) is 5.82 Å². The number of hydrogen-bond donors (Lipinski definition) is 2. The molecule has 0 aliphatic carbocycles. The summed E-state index contributed by atoms with van der Waals surface area (Å²) in [5, 5.41) is 8.55. The standard InChI is InChI=1S/C4H6N2O/c5-4-2-1-3-6(4)7/h1-3,7H,5H2. The second kappa shape index (κ2) is 1.18. The van der Waals surface area contributed by atoms with E-state index in [0.29, 0.717) is 5.82 Å². The molecule has 0 amide bonds. The van der Waals surface area contributed by atoms with Crippen molar-refractivity contribution in [3.8, 4) is 0 Å². The highest BCUT2D eigenvalue weighted by atomic mass is 16.5. The molecule has 0 atom stereocenters. The summed E-state index contributed by atoms with van der Waals surface area (Å²) in [6, 6.07) is 3.27. The minimum absolute atomic E-state index is 0.361. The summed E-state index contributed by atoms with van der Waals surface area (Å²) < 4.78 is 0.861. The van der Waals surface area contributed by atoms with E-state index in [-0.39, 0.29) is 0 Å². The molecule has 0 saturated carbocycles. The van der Waals surface area contributed by atoms with Gasteiger partial charge in [-0.1, -0.05) is 0 Å². The first kappa shape index (κ1) is 4.05. The average Bonchev–Trinajstić information content (AvgIpc) is 1.91. The van der Waals surface area contributed by atoms with Crippen LogP contribution in [0.15, 0.2) is 18.3 Å². The van der Waals surface area contributed by atoms with Crippen LogP contribution in [0.3, 0.4) is 0 Å². The van der Waals surface area contributed by atoms with Gasteiger partial charge in [-0.15, -0.1) is 0 Å². The van der Waals surface area contributed by atoms with E-state index in [2.05, 4.69) is 0 Å². The number of rotatable bonds is 0. The number of nitrogen functional groups attached to an aromatic ring is 1. The van der Waals surface area contributed by atoms with Crippen LogP contribution in [0.1, 0.15) is 0 Å². The maximum atomic E-state index is 8.55. The van der Waals surface area contributed by atoms with Gasteiger partial charge < -0.3 is 10.9 Å². The smallest absolute Gasteiger partial charge is 0.139 e. The van der Waals surface area contributed by atoms with E-state index in [1.54, 1.807) is 12.1 Å². The minimum atomic E-state index is 0.361. The van der Waals surface area contributed by atoms with E-state index in [9.17, 15) is 0 Å². The third kappa shape index (κ3) is 0.513. The van der Waals surface area contributed by atoms with E-state index >= 15 is 0 Å². The van der Waals surface area contributed by atoms with Crippen LogP contribution in [-0.2, 0) is 0 Å². The number of nitrogens with zero attached hydrogens (tertiary/aromatic N) is 1. The molecule has 0 aromatic carbocycles. The Morgan fingerprint density at radius 2 is 2.43 bits per heavy atom. The van der Waals surface area contributed by atoms with Crippen LogP contribution in [0.2, 0.25) is 0 Å². The SMILES string of the molecule is Nc1cccn1O. The molecule has 0 unspecified atom stereocenters. The zero-order valence-electron chi connectivity index (χ0n) is 3.70. The predicted molar refractivity (Wildman–Crippen MR) is 26.0 cm³/mol. The van der Waals surface area contributed by atoms with Crippen molar-refractivity contribution in [3.63, 3.8) is 0 Å². The van der Waals surface area contributed by atoms with Crippen molar-refractivity contribution < 1.29 is 5.21 Å². The zero-order valence-corrected chi connectivity index (χ0v) is 3.70. The fourth-order valence-corrected chi connectivity index (χ4v) is 0.386. The quantitative estimate of drug-likeness (QED) is 0.459. The maximum Gasteiger partial charge on any atom is 0.139 e. The average molecular weight is 98.1 g/mol. The van der Waals surface area contributed by atoms with Gasteiger partial charge in [0, 0.05) is 6.20 Å². The summed E-state index contributed by atoms with van der Waals surface area (Å²) in [5.74, 6) is 0.361. The number of hydrogen-bond acceptors (Lipinski definition) is 2. The molecule has 0 saturated heterocycles. The molecule has 0 radical (unpaired) electrons. The van der Waals surface area contributed by atoms with Crippen molar-refractivity contribution in [2.75, 3.05) is 5.73 Å². The summed E-state index contributed by atoms with van der Waals surface area (Å²) in [7, 11) is 0. The first-order valence-corrected chi connectivity index (χ1v) is 1.93. The Balaban J connectivity index is 3.12. The van der Waals surface area contributed by atoms with Crippen LogP contribution in [0.25, 0.3) is 0 Å². The Kier molecular flexibility index (Phi) is 0.685. The normalized spacial score (nSPS) is 9.14. The maximum absolute atomic E-state index is 8.55. The molecule has 3 heteroatoms. The van der Waals surface area contributed by atoms with Crippen LogP contribution in [-0.4, -0.2) is 9.94 Å². The number of aromatic nitrogens is 1.